The zero-order valence-corrected chi connectivity index (χ0v) is 34.2. The zero-order chi connectivity index (χ0) is 31.9. The van der Waals surface area contributed by atoms with Crippen molar-refractivity contribution in [1.29, 1.82) is 0 Å². The highest BCUT2D eigenvalue weighted by Crippen LogP contribution is 2.31. The number of nitrogens with zero attached hydrogens (tertiary/aromatic N) is 2. The molecule has 0 amide bonds. The molecule has 0 aromatic heterocycles. The number of hydrogen-bond donors (Lipinski definition) is 0. The van der Waals surface area contributed by atoms with Gasteiger partial charge in [0.15, 0.2) is 0 Å². The predicted molar refractivity (Wildman–Crippen MR) is 190 cm³/mol. The fourth-order valence-electron chi connectivity index (χ4n) is 5.74. The van der Waals surface area contributed by atoms with Crippen LogP contribution in [0.15, 0.2) is 6.07 Å². The molecular weight excluding hydrogens is 609 g/mol. The number of rotatable bonds is 23. The number of hydrogen-bond acceptors (Lipinski definition) is 7. The zero-order valence-electron chi connectivity index (χ0n) is 29.2. The first-order valence-electron chi connectivity index (χ1n) is 15.7. The Morgan fingerprint density at radius 3 is 1.93 bits per heavy atom. The van der Waals surface area contributed by atoms with Gasteiger partial charge in [0.25, 0.3) is 0 Å². The summed E-state index contributed by atoms with van der Waals surface area (Å²) in [6, 6.07) is 4.79. The molecule has 1 rings (SSSR count). The number of benzene rings is 1. The molecule has 0 N–H and O–H groups in total. The Kier molecular flexibility index (Phi) is 19.8. The van der Waals surface area contributed by atoms with Crippen LogP contribution in [0.2, 0.25) is 38.3 Å². The molecule has 0 spiro atoms. The van der Waals surface area contributed by atoms with Gasteiger partial charge >= 0.3 is 18.1 Å². The third-order valence-electron chi connectivity index (χ3n) is 7.86. The molecule has 7 nitrogen and oxygen atoms in total. The molecule has 42 heavy (non-hydrogen) atoms. The van der Waals surface area contributed by atoms with Gasteiger partial charge in [-0.3, -0.25) is 0 Å². The standard InChI is InChI=1S/C30H61N2O5Si5/c1-14-32(15-2)29-26(19-21-38-24-31(6)20-18-22-41(36-16-3)37-17-4)30(40(12)13)27(23-28(29)39(10)11)25(5)42(33-7,34-8)35-9/h23,25H,14-22,24H2,1-13H3. The molecule has 241 valence electrons. The van der Waals surface area contributed by atoms with E-state index in [1.54, 1.807) is 37.3 Å². The summed E-state index contributed by atoms with van der Waals surface area (Å²) in [5, 5.41) is 3.12. The third kappa shape index (κ3) is 11.0. The quantitative estimate of drug-likeness (QED) is 0.126. The highest BCUT2D eigenvalue weighted by atomic mass is 28.4. The summed E-state index contributed by atoms with van der Waals surface area (Å²) in [5.74, 6) is 0. The third-order valence-corrected chi connectivity index (χ3v) is 17.3. The minimum Gasteiger partial charge on any atom is -0.394 e. The van der Waals surface area contributed by atoms with Gasteiger partial charge in [-0.15, -0.1) is 0 Å². The molecule has 1 aromatic rings. The van der Waals surface area contributed by atoms with E-state index in [1.165, 1.54) is 17.3 Å². The van der Waals surface area contributed by atoms with Crippen LogP contribution >= 0.6 is 0 Å². The average Bonchev–Trinajstić information content (AvgIpc) is 2.97. The van der Waals surface area contributed by atoms with Crippen LogP contribution in [0.4, 0.5) is 5.69 Å². The molecule has 1 atom stereocenters. The van der Waals surface area contributed by atoms with Crippen molar-refractivity contribution in [2.75, 3.05) is 72.3 Å². The van der Waals surface area contributed by atoms with Crippen molar-refractivity contribution in [2.24, 2.45) is 0 Å². The Morgan fingerprint density at radius 1 is 0.905 bits per heavy atom. The Labute approximate surface area is 268 Å². The van der Waals surface area contributed by atoms with Crippen molar-refractivity contribution in [2.45, 2.75) is 91.3 Å². The smallest absolute Gasteiger partial charge is 0.394 e. The summed E-state index contributed by atoms with van der Waals surface area (Å²) >= 11 is 0. The Morgan fingerprint density at radius 2 is 1.48 bits per heavy atom. The molecule has 5 radical (unpaired) electrons. The minimum absolute atomic E-state index is 0.0744. The van der Waals surface area contributed by atoms with Crippen molar-refractivity contribution in [3.63, 3.8) is 0 Å². The van der Waals surface area contributed by atoms with E-state index in [9.17, 15) is 0 Å². The van der Waals surface area contributed by atoms with Gasteiger partial charge in [0.1, 0.15) is 0 Å². The van der Waals surface area contributed by atoms with Gasteiger partial charge in [-0.1, -0.05) is 50.4 Å². The molecule has 1 aromatic carbocycles. The van der Waals surface area contributed by atoms with Crippen LogP contribution in [0.5, 0.6) is 0 Å². The molecule has 1 unspecified atom stereocenters. The normalized spacial score (nSPS) is 13.3. The number of anilines is 1. The second-order valence-corrected chi connectivity index (χ2v) is 22.6. The fourth-order valence-corrected chi connectivity index (χ4v) is 13.6. The maximum absolute atomic E-state index is 6.03. The Bertz CT molecular complexity index is 874. The topological polar surface area (TPSA) is 52.6 Å². The predicted octanol–water partition coefficient (Wildman–Crippen LogP) is 4.48. The van der Waals surface area contributed by atoms with E-state index in [-0.39, 0.29) is 5.54 Å². The largest absolute Gasteiger partial charge is 0.507 e. The highest BCUT2D eigenvalue weighted by molar-refractivity contribution is 6.75. The molecule has 0 bridgehead atoms. The summed E-state index contributed by atoms with van der Waals surface area (Å²) in [5.41, 5.74) is 4.59. The van der Waals surface area contributed by atoms with Gasteiger partial charge in [0, 0.05) is 53.3 Å². The monoisotopic (exact) mass is 669 g/mol. The van der Waals surface area contributed by atoms with Crippen LogP contribution in [-0.2, 0) is 28.6 Å². The van der Waals surface area contributed by atoms with E-state index < -0.39 is 35.7 Å². The summed E-state index contributed by atoms with van der Waals surface area (Å²) in [6.07, 6.45) is 3.40. The molecule has 0 aliphatic carbocycles. The van der Waals surface area contributed by atoms with Gasteiger partial charge in [0.05, 0.1) is 32.7 Å². The average molecular weight is 670 g/mol. The van der Waals surface area contributed by atoms with E-state index in [2.05, 4.69) is 83.7 Å². The molecule has 0 fully saturated rings. The molecule has 0 saturated carbocycles. The maximum Gasteiger partial charge on any atom is 0.507 e. The van der Waals surface area contributed by atoms with E-state index in [4.69, 9.17) is 22.1 Å². The lowest BCUT2D eigenvalue weighted by Gasteiger charge is -2.36. The van der Waals surface area contributed by atoms with Gasteiger partial charge in [-0.2, -0.15) is 0 Å². The van der Waals surface area contributed by atoms with E-state index >= 15 is 0 Å². The molecule has 0 heterocycles. The van der Waals surface area contributed by atoms with E-state index in [0.29, 0.717) is 0 Å². The Balaban J connectivity index is 3.35. The molecule has 0 aliphatic heterocycles. The first-order chi connectivity index (χ1) is 20.0. The minimum atomic E-state index is -2.87. The van der Waals surface area contributed by atoms with Gasteiger partial charge in [0.2, 0.25) is 0 Å². The highest BCUT2D eigenvalue weighted by Gasteiger charge is 2.47. The SMILES string of the molecule is CCO[Si](CCCN(C)C[Si]CCc1c(N(CC)CC)c([Si](C)C)cc(C(C)[Si](OC)(OC)OC)c1[Si](C)C)OCC. The van der Waals surface area contributed by atoms with Crippen molar-refractivity contribution in [3.05, 3.63) is 17.2 Å². The van der Waals surface area contributed by atoms with Crippen LogP contribution in [0.25, 0.3) is 0 Å². The van der Waals surface area contributed by atoms with Crippen molar-refractivity contribution < 1.29 is 22.1 Å². The summed E-state index contributed by atoms with van der Waals surface area (Å²) in [4.78, 5) is 5.11. The summed E-state index contributed by atoms with van der Waals surface area (Å²) < 4.78 is 29.8. The van der Waals surface area contributed by atoms with E-state index in [1.807, 2.05) is 0 Å². The lowest BCUT2D eigenvalue weighted by molar-refractivity contribution is 0.114. The molecule has 0 saturated heterocycles. The van der Waals surface area contributed by atoms with Gasteiger partial charge in [-0.25, -0.2) is 0 Å². The summed E-state index contributed by atoms with van der Waals surface area (Å²) in [7, 11) is 2.90. The molecule has 0 aliphatic rings. The lowest BCUT2D eigenvalue weighted by atomic mass is 10.0. The van der Waals surface area contributed by atoms with E-state index in [0.717, 1.165) is 67.4 Å². The fraction of sp³-hybridized carbons (Fsp3) is 0.800. The van der Waals surface area contributed by atoms with Crippen LogP contribution < -0.4 is 15.3 Å². The van der Waals surface area contributed by atoms with Crippen molar-refractivity contribution >= 4 is 61.3 Å². The van der Waals surface area contributed by atoms with Gasteiger partial charge < -0.3 is 31.9 Å². The maximum atomic E-state index is 6.03. The molecular formula is C30H61N2O5Si5. The van der Waals surface area contributed by atoms with Crippen LogP contribution in [0.1, 0.15) is 57.7 Å². The first kappa shape index (κ1) is 39.9. The lowest BCUT2D eigenvalue weighted by Crippen LogP contribution is -2.51. The summed E-state index contributed by atoms with van der Waals surface area (Å²) in [6.45, 7) is 25.4. The molecule has 12 heteroatoms. The van der Waals surface area contributed by atoms with Gasteiger partial charge in [-0.05, 0) is 82.7 Å². The second kappa shape index (κ2) is 20.8. The second-order valence-electron chi connectivity index (χ2n) is 11.2. The Hall–Kier alpha value is -0.136. The first-order valence-corrected chi connectivity index (χ1v) is 25.5. The van der Waals surface area contributed by atoms with Crippen LogP contribution in [-0.4, -0.2) is 117 Å². The van der Waals surface area contributed by atoms with Crippen molar-refractivity contribution in [3.8, 4) is 0 Å². The van der Waals surface area contributed by atoms with Crippen LogP contribution in [0, 0.1) is 0 Å². The van der Waals surface area contributed by atoms with Crippen LogP contribution in [0.3, 0.4) is 0 Å². The van der Waals surface area contributed by atoms with Crippen molar-refractivity contribution in [1.82, 2.24) is 4.90 Å².